The normalized spacial score (nSPS) is 14.6. The second-order valence-corrected chi connectivity index (χ2v) is 4.78. The number of hydrogen-bond donors (Lipinski definition) is 2. The van der Waals surface area contributed by atoms with Crippen LogP contribution in [0.2, 0.25) is 0 Å². The van der Waals surface area contributed by atoms with Crippen molar-refractivity contribution in [2.24, 2.45) is 5.73 Å². The van der Waals surface area contributed by atoms with Gasteiger partial charge >= 0.3 is 0 Å². The summed E-state index contributed by atoms with van der Waals surface area (Å²) >= 11 is 3.42. The van der Waals surface area contributed by atoms with Crippen LogP contribution in [0.15, 0.2) is 22.7 Å². The Morgan fingerprint density at radius 2 is 2.19 bits per heavy atom. The Hall–Kier alpha value is -0.580. The number of aliphatic hydroxyl groups is 1. The largest absolute Gasteiger partial charge is 0.496 e. The standard InChI is InChI=1S/C12H18BrNO2/c1-3-12(15,8-14)7-9-4-5-11(16-2)10(13)6-9/h4-6,15H,3,7-8,14H2,1-2H3. The van der Waals surface area contributed by atoms with E-state index in [0.717, 1.165) is 15.8 Å². The molecule has 0 fully saturated rings. The molecular formula is C12H18BrNO2. The molecule has 1 atom stereocenters. The minimum absolute atomic E-state index is 0.271. The average molecular weight is 288 g/mol. The van der Waals surface area contributed by atoms with Gasteiger partial charge in [0.2, 0.25) is 0 Å². The molecule has 0 heterocycles. The fraction of sp³-hybridized carbons (Fsp3) is 0.500. The highest BCUT2D eigenvalue weighted by molar-refractivity contribution is 9.10. The molecule has 1 aromatic carbocycles. The van der Waals surface area contributed by atoms with E-state index in [4.69, 9.17) is 10.5 Å². The van der Waals surface area contributed by atoms with E-state index in [0.29, 0.717) is 12.8 Å². The van der Waals surface area contributed by atoms with E-state index in [2.05, 4.69) is 15.9 Å². The van der Waals surface area contributed by atoms with Crippen molar-refractivity contribution in [2.75, 3.05) is 13.7 Å². The molecule has 0 saturated heterocycles. The Balaban J connectivity index is 2.86. The lowest BCUT2D eigenvalue weighted by Crippen LogP contribution is -2.39. The summed E-state index contributed by atoms with van der Waals surface area (Å²) in [5.74, 6) is 0.788. The first-order chi connectivity index (χ1) is 7.54. The maximum Gasteiger partial charge on any atom is 0.133 e. The van der Waals surface area contributed by atoms with Gasteiger partial charge in [0.15, 0.2) is 0 Å². The van der Waals surface area contributed by atoms with Crippen LogP contribution in [0.3, 0.4) is 0 Å². The first-order valence-electron chi connectivity index (χ1n) is 5.29. The molecule has 4 heteroatoms. The topological polar surface area (TPSA) is 55.5 Å². The summed E-state index contributed by atoms with van der Waals surface area (Å²) in [4.78, 5) is 0. The Morgan fingerprint density at radius 1 is 1.50 bits per heavy atom. The SMILES string of the molecule is CCC(O)(CN)Cc1ccc(OC)c(Br)c1. The zero-order chi connectivity index (χ0) is 12.2. The number of nitrogens with two attached hydrogens (primary N) is 1. The Bertz CT molecular complexity index is 351. The van der Waals surface area contributed by atoms with Gasteiger partial charge in [-0.3, -0.25) is 0 Å². The van der Waals surface area contributed by atoms with Crippen molar-refractivity contribution in [3.05, 3.63) is 28.2 Å². The molecule has 0 aliphatic rings. The fourth-order valence-electron chi connectivity index (χ4n) is 1.54. The van der Waals surface area contributed by atoms with Crippen LogP contribution in [0.25, 0.3) is 0 Å². The minimum atomic E-state index is -0.811. The third-order valence-electron chi connectivity index (χ3n) is 2.79. The molecule has 0 bridgehead atoms. The Morgan fingerprint density at radius 3 is 2.62 bits per heavy atom. The van der Waals surface area contributed by atoms with Gasteiger partial charge in [0.25, 0.3) is 0 Å². The van der Waals surface area contributed by atoms with Gasteiger partial charge in [-0.2, -0.15) is 0 Å². The molecule has 0 saturated carbocycles. The van der Waals surface area contributed by atoms with E-state index in [1.165, 1.54) is 0 Å². The first kappa shape index (κ1) is 13.5. The average Bonchev–Trinajstić information content (AvgIpc) is 2.29. The first-order valence-corrected chi connectivity index (χ1v) is 6.09. The maximum absolute atomic E-state index is 10.1. The number of rotatable bonds is 5. The summed E-state index contributed by atoms with van der Waals surface area (Å²) in [5, 5.41) is 10.1. The molecule has 1 unspecified atom stereocenters. The summed E-state index contributed by atoms with van der Waals surface area (Å²) in [6, 6.07) is 5.78. The second-order valence-electron chi connectivity index (χ2n) is 3.93. The molecular weight excluding hydrogens is 270 g/mol. The van der Waals surface area contributed by atoms with E-state index in [9.17, 15) is 5.11 Å². The number of halogens is 1. The molecule has 16 heavy (non-hydrogen) atoms. The molecule has 3 N–H and O–H groups in total. The highest BCUT2D eigenvalue weighted by atomic mass is 79.9. The summed E-state index contributed by atoms with van der Waals surface area (Å²) in [6.07, 6.45) is 1.20. The van der Waals surface area contributed by atoms with Crippen molar-refractivity contribution in [3.8, 4) is 5.75 Å². The molecule has 90 valence electrons. The molecule has 0 aliphatic heterocycles. The molecule has 0 aromatic heterocycles. The van der Waals surface area contributed by atoms with E-state index >= 15 is 0 Å². The lowest BCUT2D eigenvalue weighted by Gasteiger charge is -2.25. The summed E-state index contributed by atoms with van der Waals surface area (Å²) < 4.78 is 6.04. The van der Waals surface area contributed by atoms with Crippen molar-refractivity contribution < 1.29 is 9.84 Å². The predicted octanol–water partition coefficient (Wildman–Crippen LogP) is 2.10. The lowest BCUT2D eigenvalue weighted by molar-refractivity contribution is 0.0456. The molecule has 3 nitrogen and oxygen atoms in total. The number of ether oxygens (including phenoxy) is 1. The second kappa shape index (κ2) is 5.66. The third kappa shape index (κ3) is 3.20. The predicted molar refractivity (Wildman–Crippen MR) is 68.7 cm³/mol. The number of benzene rings is 1. The van der Waals surface area contributed by atoms with Crippen molar-refractivity contribution in [3.63, 3.8) is 0 Å². The highest BCUT2D eigenvalue weighted by Crippen LogP contribution is 2.27. The summed E-state index contributed by atoms with van der Waals surface area (Å²) in [5.41, 5.74) is 5.81. The van der Waals surface area contributed by atoms with Crippen molar-refractivity contribution in [2.45, 2.75) is 25.4 Å². The van der Waals surface area contributed by atoms with Crippen molar-refractivity contribution in [1.29, 1.82) is 0 Å². The van der Waals surface area contributed by atoms with Crippen LogP contribution in [0.5, 0.6) is 5.75 Å². The maximum atomic E-state index is 10.1. The van der Waals surface area contributed by atoms with Crippen LogP contribution < -0.4 is 10.5 Å². The van der Waals surface area contributed by atoms with E-state index in [1.807, 2.05) is 25.1 Å². The zero-order valence-electron chi connectivity index (χ0n) is 9.66. The molecule has 1 rings (SSSR count). The van der Waals surface area contributed by atoms with Gasteiger partial charge in [-0.15, -0.1) is 0 Å². The van der Waals surface area contributed by atoms with Gasteiger partial charge in [-0.05, 0) is 40.0 Å². The van der Waals surface area contributed by atoms with Crippen LogP contribution in [-0.2, 0) is 6.42 Å². The molecule has 0 radical (unpaired) electrons. The van der Waals surface area contributed by atoms with Gasteiger partial charge < -0.3 is 15.6 Å². The third-order valence-corrected chi connectivity index (χ3v) is 3.41. The monoisotopic (exact) mass is 287 g/mol. The Labute approximate surface area is 105 Å². The van der Waals surface area contributed by atoms with E-state index < -0.39 is 5.60 Å². The van der Waals surface area contributed by atoms with Gasteiger partial charge in [-0.25, -0.2) is 0 Å². The van der Waals surface area contributed by atoms with Gasteiger partial charge in [-0.1, -0.05) is 13.0 Å². The van der Waals surface area contributed by atoms with Gasteiger partial charge in [0.05, 0.1) is 17.2 Å². The Kier molecular flexibility index (Phi) is 4.77. The smallest absolute Gasteiger partial charge is 0.133 e. The van der Waals surface area contributed by atoms with Crippen LogP contribution in [-0.4, -0.2) is 24.4 Å². The van der Waals surface area contributed by atoms with Crippen LogP contribution >= 0.6 is 15.9 Å². The van der Waals surface area contributed by atoms with Gasteiger partial charge in [0, 0.05) is 13.0 Å². The summed E-state index contributed by atoms with van der Waals surface area (Å²) in [6.45, 7) is 2.21. The number of hydrogen-bond acceptors (Lipinski definition) is 3. The van der Waals surface area contributed by atoms with E-state index in [-0.39, 0.29) is 6.54 Å². The number of methoxy groups -OCH3 is 1. The van der Waals surface area contributed by atoms with Crippen molar-refractivity contribution in [1.82, 2.24) is 0 Å². The quantitative estimate of drug-likeness (QED) is 0.872. The summed E-state index contributed by atoms with van der Waals surface area (Å²) in [7, 11) is 1.63. The highest BCUT2D eigenvalue weighted by Gasteiger charge is 2.23. The minimum Gasteiger partial charge on any atom is -0.496 e. The van der Waals surface area contributed by atoms with Crippen LogP contribution in [0.1, 0.15) is 18.9 Å². The molecule has 0 amide bonds. The van der Waals surface area contributed by atoms with E-state index in [1.54, 1.807) is 7.11 Å². The lowest BCUT2D eigenvalue weighted by atomic mass is 9.92. The molecule has 0 spiro atoms. The molecule has 1 aromatic rings. The zero-order valence-corrected chi connectivity index (χ0v) is 11.3. The van der Waals surface area contributed by atoms with Crippen molar-refractivity contribution >= 4 is 15.9 Å². The van der Waals surface area contributed by atoms with Gasteiger partial charge in [0.1, 0.15) is 5.75 Å². The van der Waals surface area contributed by atoms with Crippen LogP contribution in [0.4, 0.5) is 0 Å². The van der Waals surface area contributed by atoms with Crippen LogP contribution in [0, 0.1) is 0 Å². The molecule has 0 aliphatic carbocycles. The fourth-order valence-corrected chi connectivity index (χ4v) is 2.13.